The van der Waals surface area contributed by atoms with Crippen LogP contribution in [0.3, 0.4) is 0 Å². The number of amides is 1. The minimum absolute atomic E-state index is 0.128. The lowest BCUT2D eigenvalue weighted by Crippen LogP contribution is -2.38. The standard InChI is InChI=1S/C24H31N5O2/c1-3-4-5-8-13-28-21(25)18(23(30)26-17-9-6-7-10-17)14-19-22(28)27-20-12-11-16(2)15-29(20)24(19)31/h11-12,14-15,17,25H,3-10,13H2,1-2H3,(H,26,30). The van der Waals surface area contributed by atoms with Crippen LogP contribution in [-0.4, -0.2) is 25.9 Å². The van der Waals surface area contributed by atoms with Crippen LogP contribution in [0, 0.1) is 12.3 Å². The van der Waals surface area contributed by atoms with Crippen molar-refractivity contribution < 1.29 is 4.79 Å². The molecule has 0 radical (unpaired) electrons. The molecule has 1 fully saturated rings. The van der Waals surface area contributed by atoms with Gasteiger partial charge in [0.15, 0.2) is 0 Å². The van der Waals surface area contributed by atoms with E-state index < -0.39 is 0 Å². The van der Waals surface area contributed by atoms with Gasteiger partial charge in [-0.25, -0.2) is 4.98 Å². The molecule has 3 aromatic rings. The normalized spacial score (nSPS) is 14.5. The first-order valence-electron chi connectivity index (χ1n) is 11.4. The van der Waals surface area contributed by atoms with Crippen molar-refractivity contribution in [2.24, 2.45) is 0 Å². The Morgan fingerprint density at radius 2 is 2.00 bits per heavy atom. The highest BCUT2D eigenvalue weighted by atomic mass is 16.2. The van der Waals surface area contributed by atoms with E-state index in [0.29, 0.717) is 23.2 Å². The van der Waals surface area contributed by atoms with Gasteiger partial charge in [0.2, 0.25) is 0 Å². The third-order valence-electron chi connectivity index (χ3n) is 6.23. The fourth-order valence-electron chi connectivity index (χ4n) is 4.46. The van der Waals surface area contributed by atoms with Gasteiger partial charge >= 0.3 is 0 Å². The van der Waals surface area contributed by atoms with E-state index in [0.717, 1.165) is 56.9 Å². The van der Waals surface area contributed by atoms with E-state index in [1.807, 2.05) is 19.1 Å². The largest absolute Gasteiger partial charge is 0.349 e. The molecular formula is C24H31N5O2. The molecule has 1 amide bonds. The van der Waals surface area contributed by atoms with Gasteiger partial charge in [0.05, 0.1) is 10.9 Å². The molecule has 31 heavy (non-hydrogen) atoms. The molecule has 0 saturated heterocycles. The summed E-state index contributed by atoms with van der Waals surface area (Å²) < 4.78 is 3.27. The first kappa shape index (κ1) is 21.3. The Balaban J connectivity index is 1.86. The first-order valence-corrected chi connectivity index (χ1v) is 11.4. The Morgan fingerprint density at radius 3 is 2.74 bits per heavy atom. The SMILES string of the molecule is CCCCCCn1c(=N)c(C(=O)NC2CCCC2)cc2c(=O)n3cc(C)ccc3nc21. The van der Waals surface area contributed by atoms with Crippen molar-refractivity contribution in [2.75, 3.05) is 0 Å². The Hall–Kier alpha value is -2.96. The molecule has 0 aliphatic heterocycles. The summed E-state index contributed by atoms with van der Waals surface area (Å²) in [5.74, 6) is -0.269. The van der Waals surface area contributed by atoms with Crippen LogP contribution in [0.4, 0.5) is 0 Å². The second-order valence-corrected chi connectivity index (χ2v) is 8.66. The molecule has 3 heterocycles. The number of aromatic nitrogens is 3. The van der Waals surface area contributed by atoms with Crippen molar-refractivity contribution >= 4 is 22.6 Å². The summed E-state index contributed by atoms with van der Waals surface area (Å²) in [6, 6.07) is 5.46. The molecule has 0 bridgehead atoms. The second-order valence-electron chi connectivity index (χ2n) is 8.66. The maximum Gasteiger partial charge on any atom is 0.267 e. The third-order valence-corrected chi connectivity index (χ3v) is 6.23. The van der Waals surface area contributed by atoms with Gasteiger partial charge in [0.25, 0.3) is 11.5 Å². The molecule has 1 aliphatic rings. The number of pyridine rings is 2. The molecule has 4 rings (SSSR count). The zero-order valence-electron chi connectivity index (χ0n) is 18.4. The van der Waals surface area contributed by atoms with E-state index >= 15 is 0 Å². The zero-order valence-corrected chi connectivity index (χ0v) is 18.4. The fraction of sp³-hybridized carbons (Fsp3) is 0.500. The summed E-state index contributed by atoms with van der Waals surface area (Å²) in [5, 5.41) is 12.2. The molecule has 0 unspecified atom stereocenters. The highest BCUT2D eigenvalue weighted by Gasteiger charge is 2.21. The topological polar surface area (TPSA) is 92.2 Å². The zero-order chi connectivity index (χ0) is 22.0. The Labute approximate surface area is 181 Å². The van der Waals surface area contributed by atoms with E-state index in [4.69, 9.17) is 10.4 Å². The van der Waals surface area contributed by atoms with Crippen molar-refractivity contribution in [1.29, 1.82) is 5.41 Å². The lowest BCUT2D eigenvalue weighted by atomic mass is 10.1. The Morgan fingerprint density at radius 1 is 1.23 bits per heavy atom. The van der Waals surface area contributed by atoms with Gasteiger partial charge in [-0.05, 0) is 43.9 Å². The monoisotopic (exact) mass is 421 g/mol. The molecule has 0 aromatic carbocycles. The van der Waals surface area contributed by atoms with Crippen LogP contribution in [0.5, 0.6) is 0 Å². The summed E-state index contributed by atoms with van der Waals surface area (Å²) in [6.45, 7) is 4.65. The summed E-state index contributed by atoms with van der Waals surface area (Å²) in [4.78, 5) is 31.1. The lowest BCUT2D eigenvalue weighted by molar-refractivity contribution is 0.0935. The average molecular weight is 422 g/mol. The van der Waals surface area contributed by atoms with E-state index in [1.165, 1.54) is 4.40 Å². The van der Waals surface area contributed by atoms with Crippen LogP contribution in [0.2, 0.25) is 0 Å². The molecule has 1 saturated carbocycles. The number of unbranched alkanes of at least 4 members (excludes halogenated alkanes) is 3. The van der Waals surface area contributed by atoms with Crippen molar-refractivity contribution in [3.05, 3.63) is 51.4 Å². The number of carbonyl (C=O) groups excluding carboxylic acids is 1. The minimum atomic E-state index is -0.269. The number of carbonyl (C=O) groups is 1. The van der Waals surface area contributed by atoms with Gasteiger partial charge in [0.1, 0.15) is 16.8 Å². The van der Waals surface area contributed by atoms with Gasteiger partial charge in [-0.3, -0.25) is 19.4 Å². The Bertz CT molecular complexity index is 1230. The number of aryl methyl sites for hydroxylation is 2. The van der Waals surface area contributed by atoms with Crippen molar-refractivity contribution in [1.82, 2.24) is 19.3 Å². The number of hydrogen-bond acceptors (Lipinski definition) is 4. The molecule has 7 heteroatoms. The highest BCUT2D eigenvalue weighted by molar-refractivity contribution is 5.97. The molecule has 0 atom stereocenters. The summed E-state index contributed by atoms with van der Waals surface area (Å²) in [6.07, 6.45) is 10.1. The first-order chi connectivity index (χ1) is 15.0. The molecule has 3 aromatic heterocycles. The molecule has 164 valence electrons. The van der Waals surface area contributed by atoms with Gasteiger partial charge in [-0.2, -0.15) is 0 Å². The number of nitrogens with zero attached hydrogens (tertiary/aromatic N) is 3. The molecule has 7 nitrogen and oxygen atoms in total. The van der Waals surface area contributed by atoms with E-state index in [1.54, 1.807) is 16.8 Å². The maximum absolute atomic E-state index is 13.3. The summed E-state index contributed by atoms with van der Waals surface area (Å²) in [5.41, 5.74) is 2.16. The van der Waals surface area contributed by atoms with Crippen molar-refractivity contribution in [3.8, 4) is 0 Å². The van der Waals surface area contributed by atoms with Crippen molar-refractivity contribution in [2.45, 2.75) is 77.8 Å². The predicted molar refractivity (Wildman–Crippen MR) is 121 cm³/mol. The lowest BCUT2D eigenvalue weighted by Gasteiger charge is -2.16. The fourth-order valence-corrected chi connectivity index (χ4v) is 4.46. The maximum atomic E-state index is 13.3. The number of rotatable bonds is 7. The molecular weight excluding hydrogens is 390 g/mol. The van der Waals surface area contributed by atoms with Crippen LogP contribution in [0.25, 0.3) is 16.7 Å². The van der Waals surface area contributed by atoms with Gasteiger partial charge < -0.3 is 9.88 Å². The molecule has 0 spiro atoms. The highest BCUT2D eigenvalue weighted by Crippen LogP contribution is 2.18. The van der Waals surface area contributed by atoms with Crippen molar-refractivity contribution in [3.63, 3.8) is 0 Å². The van der Waals surface area contributed by atoms with Gasteiger partial charge in [0, 0.05) is 18.8 Å². The summed E-state index contributed by atoms with van der Waals surface area (Å²) >= 11 is 0. The number of fused-ring (bicyclic) bond motifs is 2. The number of nitrogens with one attached hydrogen (secondary N) is 2. The second kappa shape index (κ2) is 9.04. The van der Waals surface area contributed by atoms with E-state index in [-0.39, 0.29) is 28.6 Å². The smallest absolute Gasteiger partial charge is 0.267 e. The average Bonchev–Trinajstić information content (AvgIpc) is 3.26. The summed E-state index contributed by atoms with van der Waals surface area (Å²) in [7, 11) is 0. The van der Waals surface area contributed by atoms with E-state index in [2.05, 4.69) is 12.2 Å². The molecule has 2 N–H and O–H groups in total. The quantitative estimate of drug-likeness (QED) is 0.450. The molecule has 1 aliphatic carbocycles. The predicted octanol–water partition coefficient (Wildman–Crippen LogP) is 3.69. The number of hydrogen-bond donors (Lipinski definition) is 2. The third kappa shape index (κ3) is 4.27. The van der Waals surface area contributed by atoms with Gasteiger partial charge in [-0.15, -0.1) is 0 Å². The van der Waals surface area contributed by atoms with E-state index in [9.17, 15) is 9.59 Å². The van der Waals surface area contributed by atoms with Crippen LogP contribution in [0.15, 0.2) is 29.2 Å². The minimum Gasteiger partial charge on any atom is -0.349 e. The van der Waals surface area contributed by atoms with Crippen LogP contribution >= 0.6 is 0 Å². The Kier molecular flexibility index (Phi) is 6.20. The van der Waals surface area contributed by atoms with Crippen LogP contribution < -0.4 is 16.4 Å². The van der Waals surface area contributed by atoms with Crippen LogP contribution in [0.1, 0.15) is 74.2 Å². The van der Waals surface area contributed by atoms with Gasteiger partial charge in [-0.1, -0.05) is 45.1 Å². The van der Waals surface area contributed by atoms with Crippen LogP contribution in [-0.2, 0) is 6.54 Å².